The summed E-state index contributed by atoms with van der Waals surface area (Å²) in [4.78, 5) is 8.32. The van der Waals surface area contributed by atoms with Crippen LogP contribution in [0, 0.1) is 0 Å². The van der Waals surface area contributed by atoms with Gasteiger partial charge in [-0.15, -0.1) is 24.0 Å². The summed E-state index contributed by atoms with van der Waals surface area (Å²) in [6.45, 7) is 4.81. The van der Waals surface area contributed by atoms with E-state index in [1.54, 1.807) is 6.20 Å². The highest BCUT2D eigenvalue weighted by Gasteiger charge is 1.99. The van der Waals surface area contributed by atoms with Gasteiger partial charge in [-0.25, -0.2) is 4.98 Å². The van der Waals surface area contributed by atoms with Crippen molar-refractivity contribution in [1.82, 2.24) is 20.2 Å². The number of guanidine groups is 1. The first-order chi connectivity index (χ1) is 11.3. The van der Waals surface area contributed by atoms with Gasteiger partial charge in [-0.05, 0) is 17.5 Å². The van der Waals surface area contributed by atoms with Gasteiger partial charge < -0.3 is 15.2 Å². The van der Waals surface area contributed by atoms with Crippen molar-refractivity contribution in [3.05, 3.63) is 54.1 Å². The van der Waals surface area contributed by atoms with E-state index in [2.05, 4.69) is 56.4 Å². The third-order valence-corrected chi connectivity index (χ3v) is 3.70. The number of imidazole rings is 1. The zero-order valence-corrected chi connectivity index (χ0v) is 16.9. The molecule has 0 bridgehead atoms. The molecule has 1 heterocycles. The highest BCUT2D eigenvalue weighted by Crippen LogP contribution is 2.06. The van der Waals surface area contributed by atoms with Gasteiger partial charge in [-0.1, -0.05) is 44.0 Å². The second-order valence-electron chi connectivity index (χ2n) is 5.61. The van der Waals surface area contributed by atoms with Crippen LogP contribution in [0.15, 0.2) is 48.0 Å². The first-order valence-corrected chi connectivity index (χ1v) is 8.30. The Balaban J connectivity index is 0.00000288. The number of hydrogen-bond acceptors (Lipinski definition) is 2. The van der Waals surface area contributed by atoms with E-state index >= 15 is 0 Å². The van der Waals surface area contributed by atoms with E-state index < -0.39 is 0 Å². The number of nitrogens with one attached hydrogen (secondary N) is 2. The maximum Gasteiger partial charge on any atom is 0.191 e. The molecular formula is C18H28IN5. The predicted molar refractivity (Wildman–Crippen MR) is 111 cm³/mol. The first kappa shape index (κ1) is 20.5. The molecule has 24 heavy (non-hydrogen) atoms. The fourth-order valence-corrected chi connectivity index (χ4v) is 2.34. The number of nitrogens with zero attached hydrogens (tertiary/aromatic N) is 3. The topological polar surface area (TPSA) is 54.2 Å². The van der Waals surface area contributed by atoms with Crippen molar-refractivity contribution in [1.29, 1.82) is 0 Å². The number of unbranched alkanes of at least 4 members (excludes halogenated alkanes) is 2. The number of rotatable bonds is 8. The van der Waals surface area contributed by atoms with E-state index in [0.717, 1.165) is 25.6 Å². The molecule has 0 aliphatic carbocycles. The summed E-state index contributed by atoms with van der Waals surface area (Å²) in [7, 11) is 1.81. The van der Waals surface area contributed by atoms with Crippen molar-refractivity contribution in [3.8, 4) is 0 Å². The number of halogens is 1. The minimum Gasteiger partial charge on any atom is -0.356 e. The molecular weight excluding hydrogens is 413 g/mol. The third-order valence-electron chi connectivity index (χ3n) is 3.70. The molecule has 6 heteroatoms. The SMILES string of the molecule is CCCCCNC(=NC)NCc1ccc(Cn2ccnc2)cc1.I. The van der Waals surface area contributed by atoms with Crippen molar-refractivity contribution in [2.24, 2.45) is 4.99 Å². The molecule has 0 amide bonds. The van der Waals surface area contributed by atoms with Crippen LogP contribution in [-0.2, 0) is 13.1 Å². The van der Waals surface area contributed by atoms with Gasteiger partial charge in [0.15, 0.2) is 5.96 Å². The Morgan fingerprint density at radius 1 is 1.12 bits per heavy atom. The summed E-state index contributed by atoms with van der Waals surface area (Å²) >= 11 is 0. The van der Waals surface area contributed by atoms with Crippen molar-refractivity contribution in [2.75, 3.05) is 13.6 Å². The Morgan fingerprint density at radius 3 is 2.50 bits per heavy atom. The average molecular weight is 441 g/mol. The first-order valence-electron chi connectivity index (χ1n) is 8.30. The van der Waals surface area contributed by atoms with Crippen LogP contribution in [0.3, 0.4) is 0 Å². The number of hydrogen-bond donors (Lipinski definition) is 2. The Bertz CT molecular complexity index is 578. The van der Waals surface area contributed by atoms with Crippen molar-refractivity contribution in [2.45, 2.75) is 39.3 Å². The van der Waals surface area contributed by atoms with Crippen molar-refractivity contribution < 1.29 is 0 Å². The maximum absolute atomic E-state index is 4.25. The van der Waals surface area contributed by atoms with Crippen molar-refractivity contribution >= 4 is 29.9 Å². The van der Waals surface area contributed by atoms with Gasteiger partial charge in [-0.3, -0.25) is 4.99 Å². The number of benzene rings is 1. The summed E-state index contributed by atoms with van der Waals surface area (Å²) in [5.41, 5.74) is 2.52. The molecule has 2 rings (SSSR count). The lowest BCUT2D eigenvalue weighted by molar-refractivity contribution is 0.683. The molecule has 5 nitrogen and oxygen atoms in total. The lowest BCUT2D eigenvalue weighted by Crippen LogP contribution is -2.37. The molecule has 0 radical (unpaired) electrons. The highest BCUT2D eigenvalue weighted by molar-refractivity contribution is 14.0. The van der Waals surface area contributed by atoms with Gasteiger partial charge in [0.2, 0.25) is 0 Å². The van der Waals surface area contributed by atoms with Gasteiger partial charge in [0.25, 0.3) is 0 Å². The normalized spacial score (nSPS) is 11.0. The van der Waals surface area contributed by atoms with E-state index in [1.165, 1.54) is 30.4 Å². The van der Waals surface area contributed by atoms with Crippen LogP contribution < -0.4 is 10.6 Å². The van der Waals surface area contributed by atoms with Crippen molar-refractivity contribution in [3.63, 3.8) is 0 Å². The molecule has 0 aliphatic heterocycles. The van der Waals surface area contributed by atoms with Crippen LogP contribution in [-0.4, -0.2) is 29.1 Å². The molecule has 132 valence electrons. The van der Waals surface area contributed by atoms with Gasteiger partial charge >= 0.3 is 0 Å². The molecule has 0 fully saturated rings. The summed E-state index contributed by atoms with van der Waals surface area (Å²) < 4.78 is 2.06. The molecule has 0 aliphatic rings. The van der Waals surface area contributed by atoms with Crippen LogP contribution >= 0.6 is 24.0 Å². The second kappa shape index (κ2) is 11.9. The predicted octanol–water partition coefficient (Wildman–Crippen LogP) is 3.40. The van der Waals surface area contributed by atoms with Crippen LogP contribution in [0.25, 0.3) is 0 Å². The van der Waals surface area contributed by atoms with Gasteiger partial charge in [0.05, 0.1) is 6.33 Å². The fourth-order valence-electron chi connectivity index (χ4n) is 2.34. The van der Waals surface area contributed by atoms with Crippen LogP contribution in [0.1, 0.15) is 37.3 Å². The quantitative estimate of drug-likeness (QED) is 0.286. The lowest BCUT2D eigenvalue weighted by Gasteiger charge is -2.12. The Morgan fingerprint density at radius 2 is 1.88 bits per heavy atom. The van der Waals surface area contributed by atoms with E-state index in [9.17, 15) is 0 Å². The average Bonchev–Trinajstić information content (AvgIpc) is 3.08. The van der Waals surface area contributed by atoms with Gasteiger partial charge in [-0.2, -0.15) is 0 Å². The molecule has 0 unspecified atom stereocenters. The van der Waals surface area contributed by atoms with Gasteiger partial charge in [0, 0.05) is 39.1 Å². The molecule has 2 aromatic rings. The van der Waals surface area contributed by atoms with Crippen LogP contribution in [0.2, 0.25) is 0 Å². The molecule has 0 spiro atoms. The van der Waals surface area contributed by atoms with E-state index in [4.69, 9.17) is 0 Å². The lowest BCUT2D eigenvalue weighted by atomic mass is 10.1. The second-order valence-corrected chi connectivity index (χ2v) is 5.61. The van der Waals surface area contributed by atoms with Crippen LogP contribution in [0.5, 0.6) is 0 Å². The zero-order chi connectivity index (χ0) is 16.3. The minimum atomic E-state index is 0. The van der Waals surface area contributed by atoms with E-state index in [1.807, 2.05) is 19.6 Å². The highest BCUT2D eigenvalue weighted by atomic mass is 127. The molecule has 1 aromatic heterocycles. The van der Waals surface area contributed by atoms with Crippen LogP contribution in [0.4, 0.5) is 0 Å². The van der Waals surface area contributed by atoms with Gasteiger partial charge in [0.1, 0.15) is 0 Å². The monoisotopic (exact) mass is 441 g/mol. The maximum atomic E-state index is 4.25. The smallest absolute Gasteiger partial charge is 0.191 e. The fraction of sp³-hybridized carbons (Fsp3) is 0.444. The number of aliphatic imine (C=N–C) groups is 1. The zero-order valence-electron chi connectivity index (χ0n) is 14.5. The Kier molecular flexibility index (Phi) is 10.1. The molecule has 0 saturated heterocycles. The molecule has 2 N–H and O–H groups in total. The number of aromatic nitrogens is 2. The summed E-state index contributed by atoms with van der Waals surface area (Å²) in [6.07, 6.45) is 9.28. The van der Waals surface area contributed by atoms with E-state index in [-0.39, 0.29) is 24.0 Å². The minimum absolute atomic E-state index is 0. The standard InChI is InChI=1S/C18H27N5.HI/c1-3-4-5-10-21-18(19-2)22-13-16-6-8-17(9-7-16)14-23-12-11-20-15-23;/h6-9,11-12,15H,3-5,10,13-14H2,1-2H3,(H2,19,21,22);1H. The largest absolute Gasteiger partial charge is 0.356 e. The molecule has 1 aromatic carbocycles. The summed E-state index contributed by atoms with van der Waals surface area (Å²) in [6, 6.07) is 8.64. The molecule has 0 atom stereocenters. The summed E-state index contributed by atoms with van der Waals surface area (Å²) in [5.74, 6) is 0.864. The summed E-state index contributed by atoms with van der Waals surface area (Å²) in [5, 5.41) is 6.70. The molecule has 0 saturated carbocycles. The van der Waals surface area contributed by atoms with E-state index in [0.29, 0.717) is 0 Å². The third kappa shape index (κ3) is 7.33. The Labute approximate surface area is 162 Å². The Hall–Kier alpha value is -1.57.